The molecule has 0 aliphatic heterocycles. The summed E-state index contributed by atoms with van der Waals surface area (Å²) < 4.78 is 40.5. The maximum Gasteiger partial charge on any atom is 0.418 e. The summed E-state index contributed by atoms with van der Waals surface area (Å²) in [7, 11) is 1.55. The number of hydrogen-bond donors (Lipinski definition) is 2. The number of halogens is 3. The van der Waals surface area contributed by atoms with E-state index in [9.17, 15) is 18.0 Å². The summed E-state index contributed by atoms with van der Waals surface area (Å²) in [5, 5.41) is 9.46. The summed E-state index contributed by atoms with van der Waals surface area (Å²) in [6.07, 6.45) is -4.46. The lowest BCUT2D eigenvalue weighted by Gasteiger charge is -2.07. The predicted molar refractivity (Wildman–Crippen MR) is 74.7 cm³/mol. The number of carboxylic acid groups (broad SMARTS) is 1. The topological polar surface area (TPSA) is 58.0 Å². The van der Waals surface area contributed by atoms with Gasteiger partial charge in [-0.2, -0.15) is 13.2 Å². The first-order chi connectivity index (χ1) is 10.3. The second-order valence-electron chi connectivity index (χ2n) is 4.92. The maximum absolute atomic E-state index is 13.0. The van der Waals surface area contributed by atoms with E-state index in [0.717, 1.165) is 6.07 Å². The zero-order chi connectivity index (χ0) is 16.1. The first-order valence-corrected chi connectivity index (χ1v) is 6.37. The minimum atomic E-state index is -4.46. The number of fused-ring (bicyclic) bond motifs is 1. The van der Waals surface area contributed by atoms with E-state index in [0.29, 0.717) is 16.8 Å². The van der Waals surface area contributed by atoms with Gasteiger partial charge in [-0.05, 0) is 24.3 Å². The highest BCUT2D eigenvalue weighted by molar-refractivity contribution is 5.90. The second kappa shape index (κ2) is 4.66. The highest BCUT2D eigenvalue weighted by Gasteiger charge is 2.33. The summed E-state index contributed by atoms with van der Waals surface area (Å²) in [5.74, 6) is -1.10. The van der Waals surface area contributed by atoms with Crippen LogP contribution in [-0.2, 0) is 13.2 Å². The number of hydrogen-bond acceptors (Lipinski definition) is 1. The molecule has 0 atom stereocenters. The Kier molecular flexibility index (Phi) is 3.01. The van der Waals surface area contributed by atoms with Gasteiger partial charge in [0.15, 0.2) is 0 Å². The van der Waals surface area contributed by atoms with Crippen LogP contribution >= 0.6 is 0 Å². The van der Waals surface area contributed by atoms with E-state index in [1.54, 1.807) is 25.2 Å². The highest BCUT2D eigenvalue weighted by atomic mass is 19.4. The fourth-order valence-corrected chi connectivity index (χ4v) is 2.53. The fourth-order valence-electron chi connectivity index (χ4n) is 2.53. The molecule has 0 fully saturated rings. The lowest BCUT2D eigenvalue weighted by molar-refractivity contribution is -0.136. The van der Waals surface area contributed by atoms with Crippen LogP contribution in [0, 0.1) is 0 Å². The van der Waals surface area contributed by atoms with Crippen molar-refractivity contribution < 1.29 is 23.1 Å². The van der Waals surface area contributed by atoms with Gasteiger partial charge in [0.2, 0.25) is 0 Å². The Balaban J connectivity index is 2.20. The van der Waals surface area contributed by atoms with Crippen LogP contribution in [0.15, 0.2) is 36.4 Å². The lowest BCUT2D eigenvalue weighted by atomic mass is 10.1. The Morgan fingerprint density at radius 3 is 2.55 bits per heavy atom. The van der Waals surface area contributed by atoms with Crippen LogP contribution in [0.2, 0.25) is 0 Å². The Hall–Kier alpha value is -2.70. The number of carboxylic acids is 1. The molecule has 3 aromatic rings. The van der Waals surface area contributed by atoms with Crippen molar-refractivity contribution in [3.63, 3.8) is 0 Å². The first kappa shape index (κ1) is 14.2. The average molecular weight is 308 g/mol. The SMILES string of the molecule is Cn1c(C(=O)O)ccc1-c1cc2cccc(C(F)(F)F)c2[nH]1. The number of para-hydroxylation sites is 1. The summed E-state index contributed by atoms with van der Waals surface area (Å²) in [4.78, 5) is 13.8. The fraction of sp³-hybridized carbons (Fsp3) is 0.133. The molecule has 22 heavy (non-hydrogen) atoms. The van der Waals surface area contributed by atoms with Crippen LogP contribution in [0.5, 0.6) is 0 Å². The van der Waals surface area contributed by atoms with E-state index < -0.39 is 17.7 Å². The van der Waals surface area contributed by atoms with Gasteiger partial charge in [0.1, 0.15) is 5.69 Å². The molecule has 0 amide bonds. The van der Waals surface area contributed by atoms with E-state index >= 15 is 0 Å². The monoisotopic (exact) mass is 308 g/mol. The molecule has 114 valence electrons. The zero-order valence-electron chi connectivity index (χ0n) is 11.4. The van der Waals surface area contributed by atoms with Crippen LogP contribution in [0.25, 0.3) is 22.3 Å². The molecule has 0 unspecified atom stereocenters. The predicted octanol–water partition coefficient (Wildman–Crippen LogP) is 3.89. The molecule has 2 heterocycles. The van der Waals surface area contributed by atoms with Crippen LogP contribution in [-0.4, -0.2) is 20.6 Å². The smallest absolute Gasteiger partial charge is 0.418 e. The van der Waals surface area contributed by atoms with Gasteiger partial charge < -0.3 is 14.7 Å². The van der Waals surface area contributed by atoms with Gasteiger partial charge in [0.25, 0.3) is 0 Å². The second-order valence-corrected chi connectivity index (χ2v) is 4.92. The standard InChI is InChI=1S/C15H11F3N2O2/c1-20-11(5-6-12(20)14(21)22)10-7-8-3-2-4-9(13(8)19-10)15(16,17)18/h2-7,19H,1H3,(H,21,22). The molecular formula is C15H11F3N2O2. The van der Waals surface area contributed by atoms with E-state index in [2.05, 4.69) is 4.98 Å². The number of nitrogens with one attached hydrogen (secondary N) is 1. The number of carbonyl (C=O) groups is 1. The Morgan fingerprint density at radius 1 is 1.23 bits per heavy atom. The lowest BCUT2D eigenvalue weighted by Crippen LogP contribution is -2.06. The molecule has 0 bridgehead atoms. The number of alkyl halides is 3. The van der Waals surface area contributed by atoms with Crippen molar-refractivity contribution in [3.05, 3.63) is 47.7 Å². The third kappa shape index (κ3) is 2.14. The van der Waals surface area contributed by atoms with Crippen molar-refractivity contribution in [3.8, 4) is 11.4 Å². The van der Waals surface area contributed by atoms with Crippen molar-refractivity contribution in [1.29, 1.82) is 0 Å². The summed E-state index contributed by atoms with van der Waals surface area (Å²) in [6.45, 7) is 0. The molecule has 3 rings (SSSR count). The van der Waals surface area contributed by atoms with Crippen LogP contribution in [0.3, 0.4) is 0 Å². The van der Waals surface area contributed by atoms with Gasteiger partial charge in [-0.3, -0.25) is 0 Å². The summed E-state index contributed by atoms with van der Waals surface area (Å²) in [5.41, 5.74) is 0.236. The van der Waals surface area contributed by atoms with Crippen molar-refractivity contribution in [1.82, 2.24) is 9.55 Å². The molecule has 0 saturated heterocycles. The van der Waals surface area contributed by atoms with Gasteiger partial charge in [0.05, 0.1) is 22.5 Å². The van der Waals surface area contributed by atoms with Crippen LogP contribution in [0.4, 0.5) is 13.2 Å². The number of benzene rings is 1. The Labute approximate surface area is 122 Å². The quantitative estimate of drug-likeness (QED) is 0.754. The number of aromatic nitrogens is 2. The third-order valence-corrected chi connectivity index (χ3v) is 3.58. The maximum atomic E-state index is 13.0. The zero-order valence-corrected chi connectivity index (χ0v) is 11.4. The molecule has 7 heteroatoms. The number of nitrogens with zero attached hydrogens (tertiary/aromatic N) is 1. The van der Waals surface area contributed by atoms with Gasteiger partial charge >= 0.3 is 12.1 Å². The van der Waals surface area contributed by atoms with Crippen LogP contribution < -0.4 is 0 Å². The highest BCUT2D eigenvalue weighted by Crippen LogP contribution is 2.36. The van der Waals surface area contributed by atoms with Crippen molar-refractivity contribution in [2.75, 3.05) is 0 Å². The molecule has 1 aromatic carbocycles. The normalized spacial score (nSPS) is 12.0. The average Bonchev–Trinajstić information content (AvgIpc) is 2.99. The Morgan fingerprint density at radius 2 is 1.95 bits per heavy atom. The van der Waals surface area contributed by atoms with Gasteiger partial charge in [-0.25, -0.2) is 4.79 Å². The van der Waals surface area contributed by atoms with Gasteiger partial charge in [0, 0.05) is 12.4 Å². The first-order valence-electron chi connectivity index (χ1n) is 6.37. The molecule has 2 N–H and O–H groups in total. The van der Waals surface area contributed by atoms with E-state index in [-0.39, 0.29) is 11.2 Å². The molecule has 0 saturated carbocycles. The van der Waals surface area contributed by atoms with Gasteiger partial charge in [-0.15, -0.1) is 0 Å². The largest absolute Gasteiger partial charge is 0.477 e. The molecule has 2 aromatic heterocycles. The molecule has 0 radical (unpaired) electrons. The van der Waals surface area contributed by atoms with E-state index in [1.165, 1.54) is 16.7 Å². The molecule has 0 aliphatic carbocycles. The third-order valence-electron chi connectivity index (χ3n) is 3.58. The number of aromatic amines is 1. The summed E-state index contributed by atoms with van der Waals surface area (Å²) in [6, 6.07) is 8.47. The molecule has 0 spiro atoms. The minimum Gasteiger partial charge on any atom is -0.477 e. The molecular weight excluding hydrogens is 297 g/mol. The number of aromatic carboxylic acids is 1. The molecule has 4 nitrogen and oxygen atoms in total. The minimum absolute atomic E-state index is 0.0110. The van der Waals surface area contributed by atoms with E-state index in [4.69, 9.17) is 5.11 Å². The van der Waals surface area contributed by atoms with Crippen molar-refractivity contribution in [2.24, 2.45) is 7.05 Å². The Bertz CT molecular complexity index is 875. The number of rotatable bonds is 2. The van der Waals surface area contributed by atoms with Crippen LogP contribution in [0.1, 0.15) is 16.1 Å². The summed E-state index contributed by atoms with van der Waals surface area (Å²) >= 11 is 0. The van der Waals surface area contributed by atoms with E-state index in [1.807, 2.05) is 0 Å². The molecule has 0 aliphatic rings. The number of H-pyrrole nitrogens is 1. The van der Waals surface area contributed by atoms with Crippen molar-refractivity contribution in [2.45, 2.75) is 6.18 Å². The van der Waals surface area contributed by atoms with Crippen molar-refractivity contribution >= 4 is 16.9 Å². The van der Waals surface area contributed by atoms with Gasteiger partial charge in [-0.1, -0.05) is 12.1 Å².